The summed E-state index contributed by atoms with van der Waals surface area (Å²) >= 11 is 0. The number of hydrogen-bond acceptors (Lipinski definition) is 3. The smallest absolute Gasteiger partial charge is 0.166 e. The molecule has 1 atom stereocenters. The Morgan fingerprint density at radius 3 is 1.61 bits per heavy atom. The average Bonchev–Trinajstić information content (AvgIpc) is 3.61. The summed E-state index contributed by atoms with van der Waals surface area (Å²) in [6.45, 7) is 0. The van der Waals surface area contributed by atoms with Crippen LogP contribution in [0.2, 0.25) is 0 Å². The zero-order valence-corrected chi connectivity index (χ0v) is 29.3. The summed E-state index contributed by atoms with van der Waals surface area (Å²) in [7, 11) is 31.6. The van der Waals surface area contributed by atoms with Gasteiger partial charge in [0.2, 0.25) is 0 Å². The minimum absolute atomic E-state index is 0.106. The number of furan rings is 1. The standard InChI is InChI=1S/C45H28B5N3O/c46-39-38(40(47)42(49)43(50)41(39)48)45(53-44(51)31-10-5-2-6-11-31)52-25-33-12-7-13-36-37(33)34-24-32(22-23-35(34)54-36)30-20-18-29(19-21-30)28-16-14-27(15-17-28)26-8-3-1-4-9-26/h1-25,45H,(H2,51,53). The quantitative estimate of drug-likeness (QED) is 0.138. The van der Waals surface area contributed by atoms with Gasteiger partial charge in [0.25, 0.3) is 0 Å². The topological polar surface area (TPSA) is 63.9 Å². The van der Waals surface area contributed by atoms with E-state index in [0.717, 1.165) is 44.2 Å². The van der Waals surface area contributed by atoms with E-state index in [1.54, 1.807) is 6.21 Å². The Balaban J connectivity index is 1.16. The molecular formula is C45H28B5N3O. The molecule has 8 aromatic rings. The maximum absolute atomic E-state index is 6.49. The van der Waals surface area contributed by atoms with Gasteiger partial charge in [0, 0.05) is 28.1 Å². The van der Waals surface area contributed by atoms with E-state index in [9.17, 15) is 0 Å². The molecule has 9 heteroatoms. The zero-order chi connectivity index (χ0) is 37.3. The molecule has 7 aromatic carbocycles. The molecule has 0 aliphatic carbocycles. The molecule has 0 saturated carbocycles. The van der Waals surface area contributed by atoms with E-state index in [1.165, 1.54) is 11.1 Å². The first-order chi connectivity index (χ1) is 26.3. The summed E-state index contributed by atoms with van der Waals surface area (Å²) in [6, 6.07) is 49.0. The first-order valence-electron chi connectivity index (χ1n) is 17.4. The second-order valence-electron chi connectivity index (χ2n) is 13.1. The van der Waals surface area contributed by atoms with Crippen molar-refractivity contribution in [3.63, 3.8) is 0 Å². The van der Waals surface area contributed by atoms with Crippen LogP contribution in [0.25, 0.3) is 55.3 Å². The van der Waals surface area contributed by atoms with Crippen molar-refractivity contribution in [2.24, 2.45) is 15.7 Å². The zero-order valence-electron chi connectivity index (χ0n) is 29.3. The molecule has 0 aliphatic rings. The molecule has 1 unspecified atom stereocenters. The molecule has 4 nitrogen and oxygen atoms in total. The van der Waals surface area contributed by atoms with Crippen LogP contribution in [-0.4, -0.2) is 51.3 Å². The van der Waals surface area contributed by atoms with Crippen LogP contribution in [0, 0.1) is 0 Å². The number of rotatable bonds is 8. The lowest BCUT2D eigenvalue weighted by Crippen LogP contribution is -2.56. The summed E-state index contributed by atoms with van der Waals surface area (Å²) in [5.41, 5.74) is 17.2. The summed E-state index contributed by atoms with van der Waals surface area (Å²) in [6.07, 6.45) is 0.725. The molecule has 0 aliphatic heterocycles. The molecule has 0 spiro atoms. The lowest BCUT2D eigenvalue weighted by molar-refractivity contribution is 0.669. The Hall–Kier alpha value is -6.20. The van der Waals surface area contributed by atoms with Gasteiger partial charge in [0.15, 0.2) is 6.17 Å². The van der Waals surface area contributed by atoms with E-state index >= 15 is 0 Å². The van der Waals surface area contributed by atoms with Crippen molar-refractivity contribution in [3.8, 4) is 33.4 Å². The van der Waals surface area contributed by atoms with E-state index in [0.29, 0.717) is 16.7 Å². The van der Waals surface area contributed by atoms with Gasteiger partial charge < -0.3 is 10.2 Å². The average molecular weight is 681 g/mol. The summed E-state index contributed by atoms with van der Waals surface area (Å²) in [5, 5.41) is 1.83. The summed E-state index contributed by atoms with van der Waals surface area (Å²) in [5.74, 6) is 0.234. The van der Waals surface area contributed by atoms with Crippen molar-refractivity contribution >= 4 is 101 Å². The lowest BCUT2D eigenvalue weighted by Gasteiger charge is -2.23. The number of amidine groups is 1. The van der Waals surface area contributed by atoms with Crippen LogP contribution in [0.1, 0.15) is 22.9 Å². The van der Waals surface area contributed by atoms with Crippen molar-refractivity contribution in [1.29, 1.82) is 0 Å². The summed E-state index contributed by atoms with van der Waals surface area (Å²) < 4.78 is 6.30. The van der Waals surface area contributed by atoms with E-state index in [1.807, 2.05) is 60.7 Å². The van der Waals surface area contributed by atoms with Crippen LogP contribution >= 0.6 is 0 Å². The van der Waals surface area contributed by atoms with Crippen molar-refractivity contribution in [2.45, 2.75) is 6.17 Å². The molecule has 0 saturated heterocycles. The number of nitrogens with zero attached hydrogens (tertiary/aromatic N) is 2. The van der Waals surface area contributed by atoms with E-state index < -0.39 is 6.17 Å². The van der Waals surface area contributed by atoms with Gasteiger partial charge in [-0.2, -0.15) is 0 Å². The number of fused-ring (bicyclic) bond motifs is 3. The van der Waals surface area contributed by atoms with Gasteiger partial charge in [-0.15, -0.1) is 16.4 Å². The van der Waals surface area contributed by atoms with Crippen LogP contribution in [0.4, 0.5) is 0 Å². The van der Waals surface area contributed by atoms with Crippen LogP contribution in [-0.2, 0) is 0 Å². The van der Waals surface area contributed by atoms with Crippen molar-refractivity contribution < 1.29 is 4.42 Å². The first-order valence-corrected chi connectivity index (χ1v) is 17.4. The minimum atomic E-state index is -0.993. The van der Waals surface area contributed by atoms with E-state index in [2.05, 4.69) is 84.9 Å². The van der Waals surface area contributed by atoms with Crippen LogP contribution in [0.3, 0.4) is 0 Å². The second kappa shape index (κ2) is 14.7. The minimum Gasteiger partial charge on any atom is -0.456 e. The molecular weight excluding hydrogens is 653 g/mol. The Morgan fingerprint density at radius 2 is 1.02 bits per heavy atom. The molecule has 1 heterocycles. The Morgan fingerprint density at radius 1 is 0.519 bits per heavy atom. The van der Waals surface area contributed by atoms with Gasteiger partial charge in [0.05, 0.1) is 0 Å². The van der Waals surface area contributed by atoms with E-state index in [-0.39, 0.29) is 33.1 Å². The number of nitrogens with two attached hydrogens (primary N) is 1. The van der Waals surface area contributed by atoms with Crippen LogP contribution < -0.4 is 33.0 Å². The van der Waals surface area contributed by atoms with Crippen molar-refractivity contribution in [2.75, 3.05) is 0 Å². The molecule has 1 aromatic heterocycles. The highest BCUT2D eigenvalue weighted by molar-refractivity contribution is 6.67. The number of aliphatic imine (C=N–C) groups is 2. The molecule has 0 amide bonds. The third kappa shape index (κ3) is 6.63. The van der Waals surface area contributed by atoms with Gasteiger partial charge in [-0.05, 0) is 57.1 Å². The molecule has 8 rings (SSSR count). The number of benzene rings is 7. The fourth-order valence-corrected chi connectivity index (χ4v) is 6.77. The predicted molar refractivity (Wildman–Crippen MR) is 231 cm³/mol. The fourth-order valence-electron chi connectivity index (χ4n) is 6.77. The van der Waals surface area contributed by atoms with Gasteiger partial charge in [-0.3, -0.25) is 4.99 Å². The molecule has 0 fully saturated rings. The molecule has 54 heavy (non-hydrogen) atoms. The second-order valence-corrected chi connectivity index (χ2v) is 13.1. The van der Waals surface area contributed by atoms with Crippen molar-refractivity contribution in [3.05, 3.63) is 162 Å². The van der Waals surface area contributed by atoms with Gasteiger partial charge >= 0.3 is 0 Å². The molecule has 2 N–H and O–H groups in total. The SMILES string of the molecule is [B]c1c([B])c([B])c(C(N=Cc2cccc3oc4ccc(-c5ccc(-c6ccc(-c7ccccc7)cc6)cc5)cc4c23)N=C(N)c2ccccc2)c([B])c1[B]. The largest absolute Gasteiger partial charge is 0.456 e. The van der Waals surface area contributed by atoms with Crippen LogP contribution in [0.15, 0.2) is 160 Å². The fraction of sp³-hybridized carbons (Fsp3) is 0.0222. The third-order valence-corrected chi connectivity index (χ3v) is 9.76. The Labute approximate surface area is 321 Å². The predicted octanol–water partition coefficient (Wildman–Crippen LogP) is 5.08. The molecule has 10 radical (unpaired) electrons. The number of hydrogen-bond donors (Lipinski definition) is 1. The first kappa shape index (κ1) is 34.9. The molecule has 0 bridgehead atoms. The third-order valence-electron chi connectivity index (χ3n) is 9.76. The maximum Gasteiger partial charge on any atom is 0.166 e. The lowest BCUT2D eigenvalue weighted by atomic mass is 9.60. The van der Waals surface area contributed by atoms with Gasteiger partial charge in [-0.25, -0.2) is 4.99 Å². The Kier molecular flexibility index (Phi) is 9.47. The van der Waals surface area contributed by atoms with Gasteiger partial charge in [-0.1, -0.05) is 138 Å². The highest BCUT2D eigenvalue weighted by Gasteiger charge is 2.19. The molecule has 244 valence electrons. The summed E-state index contributed by atoms with van der Waals surface area (Å²) in [4.78, 5) is 9.65. The highest BCUT2D eigenvalue weighted by Crippen LogP contribution is 2.35. The normalized spacial score (nSPS) is 12.5. The van der Waals surface area contributed by atoms with E-state index in [4.69, 9.17) is 59.4 Å². The van der Waals surface area contributed by atoms with Crippen molar-refractivity contribution in [1.82, 2.24) is 0 Å². The van der Waals surface area contributed by atoms with Gasteiger partial charge in [0.1, 0.15) is 56.2 Å². The Bertz CT molecular complexity index is 2680. The highest BCUT2D eigenvalue weighted by atomic mass is 16.3. The monoisotopic (exact) mass is 681 g/mol. The van der Waals surface area contributed by atoms with Crippen LogP contribution in [0.5, 0.6) is 0 Å². The maximum atomic E-state index is 6.49.